The number of sulfonamides is 1. The van der Waals surface area contributed by atoms with Crippen LogP contribution in [0.4, 0.5) is 5.69 Å². The Morgan fingerprint density at radius 1 is 0.907 bits per heavy atom. The van der Waals surface area contributed by atoms with Crippen molar-refractivity contribution in [1.82, 2.24) is 10.2 Å². The van der Waals surface area contributed by atoms with Crippen LogP contribution >= 0.6 is 23.2 Å². The van der Waals surface area contributed by atoms with Crippen molar-refractivity contribution >= 4 is 50.7 Å². The van der Waals surface area contributed by atoms with Gasteiger partial charge in [0.25, 0.3) is 10.0 Å². The van der Waals surface area contributed by atoms with Gasteiger partial charge in [-0.3, -0.25) is 13.9 Å². The molecule has 3 aromatic rings. The highest BCUT2D eigenvalue weighted by molar-refractivity contribution is 7.92. The molecule has 0 bridgehead atoms. The number of rotatable bonds is 14. The summed E-state index contributed by atoms with van der Waals surface area (Å²) in [7, 11) is -1.44. The molecule has 0 heterocycles. The number of anilines is 1. The predicted molar refractivity (Wildman–Crippen MR) is 170 cm³/mol. The van der Waals surface area contributed by atoms with Gasteiger partial charge in [0.15, 0.2) is 11.5 Å². The highest BCUT2D eigenvalue weighted by Gasteiger charge is 2.34. The van der Waals surface area contributed by atoms with Gasteiger partial charge in [0, 0.05) is 28.7 Å². The van der Waals surface area contributed by atoms with Gasteiger partial charge in [0.2, 0.25) is 11.8 Å². The van der Waals surface area contributed by atoms with Crippen molar-refractivity contribution in [3.8, 4) is 11.5 Å². The largest absolute Gasteiger partial charge is 0.493 e. The second-order valence-corrected chi connectivity index (χ2v) is 12.6. The molecule has 232 valence electrons. The van der Waals surface area contributed by atoms with Crippen LogP contribution in [0.1, 0.15) is 39.2 Å². The Morgan fingerprint density at radius 2 is 1.58 bits per heavy atom. The number of halogens is 2. The maximum absolute atomic E-state index is 14.2. The van der Waals surface area contributed by atoms with Crippen molar-refractivity contribution in [1.29, 1.82) is 0 Å². The first-order valence-electron chi connectivity index (χ1n) is 13.8. The molecule has 0 aliphatic carbocycles. The quantitative estimate of drug-likeness (QED) is 0.232. The third kappa shape index (κ3) is 8.34. The fraction of sp³-hybridized carbons (Fsp3) is 0.355. The molecule has 0 aliphatic rings. The summed E-state index contributed by atoms with van der Waals surface area (Å²) >= 11 is 12.6. The Kier molecular flexibility index (Phi) is 12.1. The Labute approximate surface area is 263 Å². The van der Waals surface area contributed by atoms with Crippen LogP contribution in [0.25, 0.3) is 0 Å². The van der Waals surface area contributed by atoms with E-state index < -0.39 is 28.5 Å². The first kappa shape index (κ1) is 34.0. The molecule has 0 unspecified atom stereocenters. The lowest BCUT2D eigenvalue weighted by molar-refractivity contribution is -0.140. The van der Waals surface area contributed by atoms with Crippen LogP contribution < -0.4 is 19.1 Å². The van der Waals surface area contributed by atoms with E-state index in [2.05, 4.69) is 5.32 Å². The average Bonchev–Trinajstić information content (AvgIpc) is 3.00. The van der Waals surface area contributed by atoms with E-state index in [1.54, 1.807) is 55.5 Å². The molecule has 2 amide bonds. The number of ether oxygens (including phenoxy) is 2. The molecule has 0 saturated carbocycles. The highest BCUT2D eigenvalue weighted by atomic mass is 35.5. The van der Waals surface area contributed by atoms with E-state index >= 15 is 0 Å². The van der Waals surface area contributed by atoms with Crippen molar-refractivity contribution in [3.05, 3.63) is 82.3 Å². The summed E-state index contributed by atoms with van der Waals surface area (Å²) in [6.45, 7) is 4.98. The van der Waals surface area contributed by atoms with E-state index in [1.807, 2.05) is 13.8 Å². The number of nitrogens with one attached hydrogen (secondary N) is 1. The minimum Gasteiger partial charge on any atom is -0.493 e. The number of carbonyl (C=O) groups excluding carboxylic acids is 2. The molecule has 0 aromatic heterocycles. The minimum absolute atomic E-state index is 0.0414. The van der Waals surface area contributed by atoms with Crippen LogP contribution in [0, 0.1) is 0 Å². The second-order valence-electron chi connectivity index (χ2n) is 9.86. The van der Waals surface area contributed by atoms with Crippen molar-refractivity contribution in [2.75, 3.05) is 25.1 Å². The summed E-state index contributed by atoms with van der Waals surface area (Å²) in [5.74, 6) is -0.364. The van der Waals surface area contributed by atoms with Crippen molar-refractivity contribution < 1.29 is 27.5 Å². The Balaban J connectivity index is 2.09. The van der Waals surface area contributed by atoms with E-state index in [-0.39, 0.29) is 41.2 Å². The second kappa shape index (κ2) is 15.3. The van der Waals surface area contributed by atoms with Gasteiger partial charge in [-0.1, -0.05) is 61.3 Å². The van der Waals surface area contributed by atoms with Crippen LogP contribution in [-0.4, -0.2) is 58.0 Å². The predicted octanol–water partition coefficient (Wildman–Crippen LogP) is 5.93. The van der Waals surface area contributed by atoms with E-state index in [0.29, 0.717) is 27.8 Å². The van der Waals surface area contributed by atoms with Gasteiger partial charge < -0.3 is 19.7 Å². The number of amides is 2. The molecule has 0 fully saturated rings. The zero-order valence-electron chi connectivity index (χ0n) is 24.8. The normalized spacial score (nSPS) is 12.6. The zero-order valence-corrected chi connectivity index (χ0v) is 27.2. The zero-order chi connectivity index (χ0) is 31.7. The number of hydrogen-bond acceptors (Lipinski definition) is 6. The minimum atomic E-state index is -4.30. The van der Waals surface area contributed by atoms with E-state index in [4.69, 9.17) is 32.7 Å². The molecule has 3 aromatic carbocycles. The molecular formula is C31H37Cl2N3O6S. The summed E-state index contributed by atoms with van der Waals surface area (Å²) < 4.78 is 39.8. The van der Waals surface area contributed by atoms with Crippen LogP contribution in [-0.2, 0) is 26.2 Å². The van der Waals surface area contributed by atoms with Gasteiger partial charge in [-0.25, -0.2) is 8.42 Å². The molecule has 0 aliphatic heterocycles. The number of benzene rings is 3. The van der Waals surface area contributed by atoms with Crippen LogP contribution in [0.3, 0.4) is 0 Å². The first-order valence-corrected chi connectivity index (χ1v) is 16.0. The van der Waals surface area contributed by atoms with Crippen LogP contribution in [0.5, 0.6) is 11.5 Å². The lowest BCUT2D eigenvalue weighted by atomic mass is 10.1. The number of carbonyl (C=O) groups is 2. The summed E-state index contributed by atoms with van der Waals surface area (Å²) in [5.41, 5.74) is 0.829. The SMILES string of the molecule is CC[C@H](C(=O)N[C@@H](C)CC)N(Cc1ccc(Cl)cc1Cl)C(=O)CN(c1ccccc1)S(=O)(=O)c1ccc(OC)c(OC)c1. The molecule has 43 heavy (non-hydrogen) atoms. The molecule has 12 heteroatoms. The summed E-state index contributed by atoms with van der Waals surface area (Å²) in [6, 6.07) is 16.4. The fourth-order valence-electron chi connectivity index (χ4n) is 4.42. The van der Waals surface area contributed by atoms with Gasteiger partial charge in [0.1, 0.15) is 12.6 Å². The van der Waals surface area contributed by atoms with Crippen LogP contribution in [0.2, 0.25) is 10.0 Å². The Hall–Kier alpha value is -3.47. The molecular weight excluding hydrogens is 613 g/mol. The number of hydrogen-bond donors (Lipinski definition) is 1. The van der Waals surface area contributed by atoms with Gasteiger partial charge in [0.05, 0.1) is 24.8 Å². The summed E-state index contributed by atoms with van der Waals surface area (Å²) in [4.78, 5) is 28.9. The lowest BCUT2D eigenvalue weighted by Gasteiger charge is -2.34. The maximum atomic E-state index is 14.2. The molecule has 3 rings (SSSR count). The van der Waals surface area contributed by atoms with Crippen molar-refractivity contribution in [2.24, 2.45) is 0 Å². The Bertz CT molecular complexity index is 1520. The summed E-state index contributed by atoms with van der Waals surface area (Å²) in [6.07, 6.45) is 0.984. The molecule has 0 saturated heterocycles. The molecule has 1 N–H and O–H groups in total. The number of methoxy groups -OCH3 is 2. The maximum Gasteiger partial charge on any atom is 0.264 e. The number of para-hydroxylation sites is 1. The van der Waals surface area contributed by atoms with Gasteiger partial charge >= 0.3 is 0 Å². The molecule has 9 nitrogen and oxygen atoms in total. The standard InChI is InChI=1S/C31H37Cl2N3O6S/c1-6-21(3)34-31(38)27(7-2)35(19-22-13-14-23(32)17-26(22)33)30(37)20-36(24-11-9-8-10-12-24)43(39,40)25-15-16-28(41-4)29(18-25)42-5/h8-18,21,27H,6-7,19-20H2,1-5H3,(H,34,38)/t21-,27+/m0/s1. The lowest BCUT2D eigenvalue weighted by Crippen LogP contribution is -2.53. The Morgan fingerprint density at radius 3 is 2.16 bits per heavy atom. The van der Waals surface area contributed by atoms with E-state index in [1.165, 1.54) is 37.3 Å². The van der Waals surface area contributed by atoms with E-state index in [0.717, 1.165) is 4.31 Å². The van der Waals surface area contributed by atoms with Crippen molar-refractivity contribution in [2.45, 2.75) is 57.1 Å². The third-order valence-electron chi connectivity index (χ3n) is 7.01. The number of nitrogens with zero attached hydrogens (tertiary/aromatic N) is 2. The molecule has 2 atom stereocenters. The average molecular weight is 651 g/mol. The van der Waals surface area contributed by atoms with Gasteiger partial charge in [-0.15, -0.1) is 0 Å². The van der Waals surface area contributed by atoms with Gasteiger partial charge in [-0.2, -0.15) is 0 Å². The summed E-state index contributed by atoms with van der Waals surface area (Å²) in [5, 5.41) is 3.69. The van der Waals surface area contributed by atoms with Crippen molar-refractivity contribution in [3.63, 3.8) is 0 Å². The third-order valence-corrected chi connectivity index (χ3v) is 9.37. The van der Waals surface area contributed by atoms with Crippen LogP contribution in [0.15, 0.2) is 71.6 Å². The monoisotopic (exact) mass is 649 g/mol. The molecule has 0 spiro atoms. The van der Waals surface area contributed by atoms with Gasteiger partial charge in [-0.05, 0) is 61.7 Å². The topological polar surface area (TPSA) is 105 Å². The fourth-order valence-corrected chi connectivity index (χ4v) is 6.32. The smallest absolute Gasteiger partial charge is 0.264 e. The highest BCUT2D eigenvalue weighted by Crippen LogP contribution is 2.32. The van der Waals surface area contributed by atoms with E-state index in [9.17, 15) is 18.0 Å². The first-order chi connectivity index (χ1) is 20.5. The molecule has 0 radical (unpaired) electrons.